The average Bonchev–Trinajstić information content (AvgIpc) is 2.95. The number of halogens is 2. The molecular formula is C20H30Cl2Hf. The van der Waals surface area contributed by atoms with Gasteiger partial charge in [-0.25, -0.2) is 0 Å². The Labute approximate surface area is 167 Å². The van der Waals surface area contributed by atoms with Crippen molar-refractivity contribution in [1.29, 1.82) is 0 Å². The van der Waals surface area contributed by atoms with Crippen LogP contribution >= 0.6 is 0 Å². The van der Waals surface area contributed by atoms with Gasteiger partial charge in [0.15, 0.2) is 0 Å². The molecule has 0 aromatic rings. The fourth-order valence-electron chi connectivity index (χ4n) is 3.94. The summed E-state index contributed by atoms with van der Waals surface area (Å²) >= 11 is -0.804. The Morgan fingerprint density at radius 1 is 0.652 bits per heavy atom. The predicted molar refractivity (Wildman–Crippen MR) is 89.9 cm³/mol. The minimum absolute atomic E-state index is 0. The minimum Gasteiger partial charge on any atom is -1.00 e. The summed E-state index contributed by atoms with van der Waals surface area (Å²) in [6, 6.07) is 0. The molecule has 0 aromatic carbocycles. The second-order valence-corrected chi connectivity index (χ2v) is 11.5. The maximum Gasteiger partial charge on any atom is -1.00 e. The van der Waals surface area contributed by atoms with E-state index in [1.54, 1.807) is 33.4 Å². The van der Waals surface area contributed by atoms with Gasteiger partial charge in [0, 0.05) is 0 Å². The Balaban J connectivity index is 0.00000242. The first-order chi connectivity index (χ1) is 10.1. The molecular weight excluding hydrogens is 490 g/mol. The summed E-state index contributed by atoms with van der Waals surface area (Å²) in [6.45, 7) is 14.1. The van der Waals surface area contributed by atoms with E-state index in [0.717, 1.165) is 0 Å². The second kappa shape index (κ2) is 10.4. The zero-order chi connectivity index (χ0) is 15.6. The normalized spacial score (nSPS) is 17.7. The zero-order valence-corrected chi connectivity index (χ0v) is 20.6. The van der Waals surface area contributed by atoms with Crippen LogP contribution in [0.4, 0.5) is 0 Å². The van der Waals surface area contributed by atoms with Crippen LogP contribution in [0.2, 0.25) is 0 Å². The predicted octanol–water partition coefficient (Wildman–Crippen LogP) is 0.666. The van der Waals surface area contributed by atoms with Crippen molar-refractivity contribution in [2.75, 3.05) is 0 Å². The monoisotopic (exact) mass is 520 g/mol. The smallest absolute Gasteiger partial charge is 1.00 e. The van der Waals surface area contributed by atoms with Gasteiger partial charge in [-0.3, -0.25) is 0 Å². The van der Waals surface area contributed by atoms with Gasteiger partial charge < -0.3 is 24.8 Å². The molecule has 0 amide bonds. The second-order valence-electron chi connectivity index (χ2n) is 6.26. The molecule has 2 aliphatic carbocycles. The number of hydrogen-bond donors (Lipinski definition) is 0. The Morgan fingerprint density at radius 3 is 1.26 bits per heavy atom. The first kappa shape index (κ1) is 23.4. The van der Waals surface area contributed by atoms with Gasteiger partial charge in [0.2, 0.25) is 0 Å². The van der Waals surface area contributed by atoms with Gasteiger partial charge in [0.1, 0.15) is 0 Å². The van der Waals surface area contributed by atoms with Crippen molar-refractivity contribution in [3.8, 4) is 0 Å². The summed E-state index contributed by atoms with van der Waals surface area (Å²) in [4.78, 5) is 0. The number of hydrogen-bond acceptors (Lipinski definition) is 0. The van der Waals surface area contributed by atoms with Crippen molar-refractivity contribution >= 4 is 0 Å². The summed E-state index contributed by atoms with van der Waals surface area (Å²) in [7, 11) is 0. The van der Waals surface area contributed by atoms with Crippen molar-refractivity contribution in [2.45, 2.75) is 80.1 Å². The van der Waals surface area contributed by atoms with E-state index in [4.69, 9.17) is 0 Å². The Morgan fingerprint density at radius 2 is 1.00 bits per heavy atom. The molecule has 0 aromatic heterocycles. The van der Waals surface area contributed by atoms with E-state index >= 15 is 0 Å². The SMILES string of the molecule is CCC1=C(C)C(CC)=[C]([Hf+2][C]2=C(CC)C(C)=C(CC)C2)C1.[Cl-].[Cl-]. The van der Waals surface area contributed by atoms with Crippen LogP contribution in [-0.4, -0.2) is 0 Å². The molecule has 0 spiro atoms. The van der Waals surface area contributed by atoms with Gasteiger partial charge in [-0.2, -0.15) is 0 Å². The fourth-order valence-corrected chi connectivity index (χ4v) is 11.1. The van der Waals surface area contributed by atoms with Crippen LogP contribution in [0.3, 0.4) is 0 Å². The Bertz CT molecular complexity index is 512. The maximum atomic E-state index is 2.37. The van der Waals surface area contributed by atoms with Crippen molar-refractivity contribution in [3.63, 3.8) is 0 Å². The Kier molecular flexibility index (Phi) is 10.6. The molecule has 0 N–H and O–H groups in total. The molecule has 23 heavy (non-hydrogen) atoms. The molecule has 0 radical (unpaired) electrons. The quantitative estimate of drug-likeness (QED) is 0.453. The van der Waals surface area contributed by atoms with Gasteiger partial charge >= 0.3 is 143 Å². The molecule has 0 unspecified atom stereocenters. The molecule has 0 saturated heterocycles. The van der Waals surface area contributed by atoms with Gasteiger partial charge in [0.05, 0.1) is 0 Å². The van der Waals surface area contributed by atoms with Crippen LogP contribution in [0, 0.1) is 0 Å². The molecule has 0 saturated carbocycles. The summed E-state index contributed by atoms with van der Waals surface area (Å²) in [6.07, 6.45) is 7.66. The molecule has 3 heteroatoms. The standard InChI is InChI=1S/2C10H15.2ClH.Hf/c2*1-4-9-6-7-10(5-2)8(9)3;;;/h2*4-6H2,1-3H3;2*1H;/q;;;;+2/p-2. The third kappa shape index (κ3) is 4.73. The topological polar surface area (TPSA) is 0 Å². The van der Waals surface area contributed by atoms with E-state index in [1.807, 2.05) is 6.66 Å². The third-order valence-electron chi connectivity index (χ3n) is 5.34. The minimum atomic E-state index is -0.804. The number of rotatable bonds is 6. The molecule has 0 atom stereocenters. The molecule has 0 nitrogen and oxygen atoms in total. The zero-order valence-electron chi connectivity index (χ0n) is 15.5. The van der Waals surface area contributed by atoms with Crippen LogP contribution in [0.15, 0.2) is 40.1 Å². The molecule has 0 heterocycles. The first-order valence-corrected chi connectivity index (χ1v) is 12.2. The van der Waals surface area contributed by atoms with E-state index in [2.05, 4.69) is 41.5 Å². The van der Waals surface area contributed by atoms with Gasteiger partial charge in [-0.1, -0.05) is 0 Å². The Hall–Kier alpha value is 0.410. The van der Waals surface area contributed by atoms with E-state index in [-0.39, 0.29) is 24.8 Å². The van der Waals surface area contributed by atoms with E-state index < -0.39 is 22.9 Å². The van der Waals surface area contributed by atoms with E-state index in [1.165, 1.54) is 38.5 Å². The fraction of sp³-hybridized carbons (Fsp3) is 0.600. The third-order valence-corrected chi connectivity index (χ3v) is 10.9. The van der Waals surface area contributed by atoms with Crippen LogP contribution in [0.5, 0.6) is 0 Å². The largest absolute Gasteiger partial charge is 1.00 e. The number of allylic oxidation sites excluding steroid dienone is 8. The molecule has 128 valence electrons. The maximum absolute atomic E-state index is 2.37. The summed E-state index contributed by atoms with van der Waals surface area (Å²) in [5.74, 6) is 0. The molecule has 0 bridgehead atoms. The average molecular weight is 520 g/mol. The summed E-state index contributed by atoms with van der Waals surface area (Å²) in [5.41, 5.74) is 10.3. The van der Waals surface area contributed by atoms with Crippen LogP contribution in [0.1, 0.15) is 80.1 Å². The van der Waals surface area contributed by atoms with Gasteiger partial charge in [-0.15, -0.1) is 0 Å². The van der Waals surface area contributed by atoms with Crippen LogP contribution in [0.25, 0.3) is 0 Å². The molecule has 2 rings (SSSR count). The van der Waals surface area contributed by atoms with Crippen molar-refractivity contribution in [1.82, 2.24) is 0 Å². The molecule has 0 aliphatic heterocycles. The van der Waals surface area contributed by atoms with Gasteiger partial charge in [0.25, 0.3) is 0 Å². The van der Waals surface area contributed by atoms with Gasteiger partial charge in [-0.05, 0) is 0 Å². The molecule has 2 aliphatic rings. The van der Waals surface area contributed by atoms with E-state index in [9.17, 15) is 0 Å². The van der Waals surface area contributed by atoms with Crippen molar-refractivity contribution in [2.24, 2.45) is 0 Å². The van der Waals surface area contributed by atoms with Crippen LogP contribution < -0.4 is 24.8 Å². The van der Waals surface area contributed by atoms with Crippen LogP contribution in [-0.2, 0) is 22.9 Å². The van der Waals surface area contributed by atoms with Crippen molar-refractivity contribution in [3.05, 3.63) is 40.1 Å². The van der Waals surface area contributed by atoms with E-state index in [0.29, 0.717) is 0 Å². The summed E-state index contributed by atoms with van der Waals surface area (Å²) in [5, 5.41) is 0. The summed E-state index contributed by atoms with van der Waals surface area (Å²) < 4.78 is 3.83. The first-order valence-electron chi connectivity index (χ1n) is 8.66. The van der Waals surface area contributed by atoms with Crippen molar-refractivity contribution < 1.29 is 47.7 Å². The molecule has 0 fully saturated rings.